The van der Waals surface area contributed by atoms with E-state index in [9.17, 15) is 22.8 Å². The van der Waals surface area contributed by atoms with Gasteiger partial charge in [-0.2, -0.15) is 0 Å². The van der Waals surface area contributed by atoms with Crippen LogP contribution in [0.3, 0.4) is 0 Å². The van der Waals surface area contributed by atoms with Gasteiger partial charge in [0.15, 0.2) is 0 Å². The summed E-state index contributed by atoms with van der Waals surface area (Å²) < 4.78 is 54.8. The van der Waals surface area contributed by atoms with E-state index in [-0.39, 0.29) is 25.0 Å². The van der Waals surface area contributed by atoms with E-state index in [0.29, 0.717) is 44.7 Å². The summed E-state index contributed by atoms with van der Waals surface area (Å²) in [5, 5.41) is 16.5. The normalized spacial score (nSPS) is 15.8. The molecule has 10 nitrogen and oxygen atoms in total. The van der Waals surface area contributed by atoms with Gasteiger partial charge in [-0.15, -0.1) is 13.2 Å². The predicted molar refractivity (Wildman–Crippen MR) is 169 cm³/mol. The van der Waals surface area contributed by atoms with Gasteiger partial charge in [0.05, 0.1) is 32.0 Å². The van der Waals surface area contributed by atoms with Gasteiger partial charge in [0.1, 0.15) is 29.9 Å². The number of nitrogens with zero attached hydrogens (tertiary/aromatic N) is 2. The number of methoxy groups -OCH3 is 2. The Bertz CT molecular complexity index is 1690. The molecule has 5 rings (SSSR count). The average Bonchev–Trinajstić information content (AvgIpc) is 3.36. The highest BCUT2D eigenvalue weighted by Crippen LogP contribution is 2.54. The minimum atomic E-state index is -4.90. The number of amides is 1. The van der Waals surface area contributed by atoms with Crippen molar-refractivity contribution in [1.29, 1.82) is 0 Å². The third kappa shape index (κ3) is 7.51. The van der Waals surface area contributed by atoms with Gasteiger partial charge >= 0.3 is 12.3 Å². The molecule has 250 valence electrons. The number of nitrogens with one attached hydrogen (secondary N) is 1. The molecule has 0 saturated heterocycles. The SMILES string of the molecule is COc1cc(NC(C(=O)N2CC3(CCC3)c3ccc(OC(F)(F)F)cc32)c2ccc(Cl)cc2OC)cc(/C(C)=N/OCCC(=O)O)c1. The number of anilines is 2. The predicted octanol–water partition coefficient (Wildman–Crippen LogP) is 7.09. The van der Waals surface area contributed by atoms with Crippen LogP contribution in [0.4, 0.5) is 24.5 Å². The Labute approximate surface area is 274 Å². The molecule has 1 fully saturated rings. The fourth-order valence-corrected chi connectivity index (χ4v) is 6.10. The lowest BCUT2D eigenvalue weighted by Gasteiger charge is -2.39. The van der Waals surface area contributed by atoms with Gasteiger partial charge < -0.3 is 34.4 Å². The Morgan fingerprint density at radius 1 is 1.06 bits per heavy atom. The number of carboxylic acids is 1. The summed E-state index contributed by atoms with van der Waals surface area (Å²) in [6, 6.07) is 13.0. The molecular weight excluding hydrogens is 643 g/mol. The third-order valence-corrected chi connectivity index (χ3v) is 8.57. The Morgan fingerprint density at radius 2 is 1.83 bits per heavy atom. The summed E-state index contributed by atoms with van der Waals surface area (Å²) in [6.45, 7) is 1.83. The molecule has 1 heterocycles. The lowest BCUT2D eigenvalue weighted by molar-refractivity contribution is -0.274. The van der Waals surface area contributed by atoms with Gasteiger partial charge in [-0.05, 0) is 55.7 Å². The van der Waals surface area contributed by atoms with E-state index in [1.807, 2.05) is 0 Å². The standard InChI is InChI=1S/C33H33ClF3N3O7/c1-19(39-46-12-9-29(41)42)20-13-22(16-24(14-20)44-2)38-30(25-7-5-21(34)15-28(25)45-3)31(43)40-18-32(10-4-11-32)26-8-6-23(17-27(26)40)47-33(35,36)37/h5-8,13-17,30,38H,4,9-12,18H2,1-3H3,(H,41,42)/b39-19+. The zero-order chi connectivity index (χ0) is 33.9. The number of rotatable bonds is 12. The van der Waals surface area contributed by atoms with Gasteiger partial charge in [0, 0.05) is 45.9 Å². The maximum Gasteiger partial charge on any atom is 0.573 e. The Kier molecular flexibility index (Phi) is 9.76. The van der Waals surface area contributed by atoms with E-state index in [1.54, 1.807) is 49.4 Å². The number of hydrogen-bond donors (Lipinski definition) is 2. The number of carbonyl (C=O) groups is 2. The highest BCUT2D eigenvalue weighted by molar-refractivity contribution is 6.30. The van der Waals surface area contributed by atoms with Gasteiger partial charge in [-0.25, -0.2) is 0 Å². The molecular formula is C33H33ClF3N3O7. The summed E-state index contributed by atoms with van der Waals surface area (Å²) in [6.07, 6.45) is -2.61. The lowest BCUT2D eigenvalue weighted by Crippen LogP contribution is -2.44. The molecule has 0 aromatic heterocycles. The number of carboxylic acid groups (broad SMARTS) is 1. The van der Waals surface area contributed by atoms with E-state index in [0.717, 1.165) is 24.8 Å². The zero-order valence-electron chi connectivity index (χ0n) is 25.8. The number of alkyl halides is 3. The molecule has 1 amide bonds. The molecule has 3 aromatic carbocycles. The minimum Gasteiger partial charge on any atom is -0.497 e. The molecule has 0 radical (unpaired) electrons. The van der Waals surface area contributed by atoms with Crippen molar-refractivity contribution in [1.82, 2.24) is 0 Å². The van der Waals surface area contributed by atoms with Crippen molar-refractivity contribution < 1.29 is 46.9 Å². The van der Waals surface area contributed by atoms with E-state index < -0.39 is 30.0 Å². The van der Waals surface area contributed by atoms with Crippen molar-refractivity contribution in [2.75, 3.05) is 37.6 Å². The maximum atomic E-state index is 14.7. The van der Waals surface area contributed by atoms with E-state index >= 15 is 0 Å². The average molecular weight is 676 g/mol. The second-order valence-electron chi connectivity index (χ2n) is 11.4. The topological polar surface area (TPSA) is 119 Å². The fraction of sp³-hybridized carbons (Fsp3) is 0.364. The fourth-order valence-electron chi connectivity index (χ4n) is 5.94. The second kappa shape index (κ2) is 13.6. The number of fused-ring (bicyclic) bond motifs is 2. The quantitative estimate of drug-likeness (QED) is 0.119. The van der Waals surface area contributed by atoms with Crippen LogP contribution in [0.5, 0.6) is 17.2 Å². The molecule has 0 bridgehead atoms. The zero-order valence-corrected chi connectivity index (χ0v) is 26.6. The van der Waals surface area contributed by atoms with Gasteiger partial charge in [0.2, 0.25) is 0 Å². The highest BCUT2D eigenvalue weighted by atomic mass is 35.5. The molecule has 1 unspecified atom stereocenters. The van der Waals surface area contributed by atoms with Crippen molar-refractivity contribution in [2.24, 2.45) is 5.16 Å². The molecule has 1 spiro atoms. The molecule has 1 saturated carbocycles. The van der Waals surface area contributed by atoms with Crippen molar-refractivity contribution in [3.63, 3.8) is 0 Å². The molecule has 1 aliphatic carbocycles. The number of ether oxygens (including phenoxy) is 3. The molecule has 3 aromatic rings. The minimum absolute atomic E-state index is 0.122. The van der Waals surface area contributed by atoms with E-state index in [2.05, 4.69) is 15.2 Å². The molecule has 47 heavy (non-hydrogen) atoms. The Morgan fingerprint density at radius 3 is 2.47 bits per heavy atom. The molecule has 1 aliphatic heterocycles. The third-order valence-electron chi connectivity index (χ3n) is 8.34. The molecule has 14 heteroatoms. The number of halogens is 4. The van der Waals surface area contributed by atoms with Crippen LogP contribution >= 0.6 is 11.6 Å². The van der Waals surface area contributed by atoms with Crippen LogP contribution in [-0.2, 0) is 19.8 Å². The number of benzene rings is 3. The van der Waals surface area contributed by atoms with Crippen LogP contribution in [0, 0.1) is 0 Å². The Balaban J connectivity index is 1.55. The second-order valence-corrected chi connectivity index (χ2v) is 11.8. The lowest BCUT2D eigenvalue weighted by atomic mass is 9.66. The largest absolute Gasteiger partial charge is 0.573 e. The smallest absolute Gasteiger partial charge is 0.497 e. The van der Waals surface area contributed by atoms with Crippen molar-refractivity contribution >= 4 is 40.6 Å². The number of hydrogen-bond acceptors (Lipinski definition) is 8. The van der Waals surface area contributed by atoms with Gasteiger partial charge in [0.25, 0.3) is 5.91 Å². The number of oxime groups is 1. The van der Waals surface area contributed by atoms with Crippen molar-refractivity contribution in [3.05, 3.63) is 76.3 Å². The van der Waals surface area contributed by atoms with Gasteiger partial charge in [-0.1, -0.05) is 35.3 Å². The molecule has 1 atom stereocenters. The number of aliphatic carboxylic acids is 1. The van der Waals surface area contributed by atoms with Crippen LogP contribution in [0.2, 0.25) is 5.02 Å². The van der Waals surface area contributed by atoms with Crippen molar-refractivity contribution in [2.45, 2.75) is 50.4 Å². The van der Waals surface area contributed by atoms with Crippen LogP contribution in [0.1, 0.15) is 55.3 Å². The first-order valence-corrected chi connectivity index (χ1v) is 15.1. The molecule has 2 aliphatic rings. The van der Waals surface area contributed by atoms with Crippen LogP contribution in [-0.4, -0.2) is 56.4 Å². The van der Waals surface area contributed by atoms with E-state index in [1.165, 1.54) is 31.3 Å². The Hall–Kier alpha value is -4.65. The number of carbonyl (C=O) groups excluding carboxylic acids is 1. The first kappa shape index (κ1) is 33.7. The van der Waals surface area contributed by atoms with E-state index in [4.69, 9.17) is 31.0 Å². The van der Waals surface area contributed by atoms with Crippen LogP contribution in [0.15, 0.2) is 59.8 Å². The monoisotopic (exact) mass is 675 g/mol. The summed E-state index contributed by atoms with van der Waals surface area (Å²) in [5.41, 5.74) is 2.64. The first-order chi connectivity index (χ1) is 22.3. The highest BCUT2D eigenvalue weighted by Gasteiger charge is 2.50. The summed E-state index contributed by atoms with van der Waals surface area (Å²) >= 11 is 6.26. The summed E-state index contributed by atoms with van der Waals surface area (Å²) in [5.74, 6) is -1.13. The molecule has 2 N–H and O–H groups in total. The van der Waals surface area contributed by atoms with Crippen LogP contribution < -0.4 is 24.4 Å². The first-order valence-electron chi connectivity index (χ1n) is 14.7. The van der Waals surface area contributed by atoms with Crippen molar-refractivity contribution in [3.8, 4) is 17.2 Å². The maximum absolute atomic E-state index is 14.7. The summed E-state index contributed by atoms with van der Waals surface area (Å²) in [4.78, 5) is 32.2. The van der Waals surface area contributed by atoms with Gasteiger partial charge in [-0.3, -0.25) is 9.59 Å². The van der Waals surface area contributed by atoms with Crippen LogP contribution in [0.25, 0.3) is 0 Å². The summed E-state index contributed by atoms with van der Waals surface area (Å²) in [7, 11) is 2.92.